The van der Waals surface area contributed by atoms with Gasteiger partial charge in [-0.2, -0.15) is 0 Å². The zero-order valence-electron chi connectivity index (χ0n) is 19.4. The summed E-state index contributed by atoms with van der Waals surface area (Å²) in [5.74, 6) is 1.31. The summed E-state index contributed by atoms with van der Waals surface area (Å²) in [5.41, 5.74) is 4.26. The number of anilines is 1. The van der Waals surface area contributed by atoms with E-state index in [2.05, 4.69) is 40.4 Å². The molecule has 0 bridgehead atoms. The second kappa shape index (κ2) is 9.28. The molecule has 5 rings (SSSR count). The van der Waals surface area contributed by atoms with Crippen LogP contribution in [-0.2, 0) is 16.6 Å². The van der Waals surface area contributed by atoms with Crippen molar-refractivity contribution in [2.24, 2.45) is 5.92 Å². The molecular weight excluding hydrogens is 444 g/mol. The molecule has 3 atom stereocenters. The Bertz CT molecular complexity index is 1300. The van der Waals surface area contributed by atoms with Gasteiger partial charge in [-0.3, -0.25) is 0 Å². The van der Waals surface area contributed by atoms with E-state index in [-0.39, 0.29) is 23.9 Å². The molecule has 0 aromatic heterocycles. The average molecular weight is 475 g/mol. The van der Waals surface area contributed by atoms with Crippen LogP contribution in [0.25, 0.3) is 0 Å². The molecule has 1 aliphatic carbocycles. The fourth-order valence-electron chi connectivity index (χ4n) is 5.03. The fourth-order valence-corrected chi connectivity index (χ4v) is 6.32. The highest BCUT2D eigenvalue weighted by atomic mass is 32.2. The molecule has 0 fully saturated rings. The maximum Gasteiger partial charge on any atom is 0.240 e. The molecule has 3 unspecified atom stereocenters. The molecule has 6 heteroatoms. The molecule has 3 aromatic rings. The van der Waals surface area contributed by atoms with E-state index in [0.29, 0.717) is 11.5 Å². The number of allylic oxidation sites excluding steroid dienone is 2. The van der Waals surface area contributed by atoms with Gasteiger partial charge in [-0.25, -0.2) is 13.1 Å². The van der Waals surface area contributed by atoms with Crippen molar-refractivity contribution < 1.29 is 13.2 Å². The standard InChI is InChI=1S/C28H30N2O3S/c1-19(2)30-34(31,32)21-15-16-26-25(17-21)22-12-8-13-23(22)28(29-26)24-11-6-7-14-27(24)33-18-20-9-4-3-5-10-20/h3-12,14-17,19,22-23,28-30H,13,18H2,1-2H3. The number of nitrogens with one attached hydrogen (secondary N) is 2. The Morgan fingerprint density at radius 1 is 1.00 bits per heavy atom. The minimum absolute atomic E-state index is 0.0655. The molecule has 0 spiro atoms. The molecule has 5 nitrogen and oxygen atoms in total. The number of hydrogen-bond donors (Lipinski definition) is 2. The van der Waals surface area contributed by atoms with Crippen LogP contribution in [0.2, 0.25) is 0 Å². The van der Waals surface area contributed by atoms with Crippen LogP contribution in [-0.4, -0.2) is 14.5 Å². The van der Waals surface area contributed by atoms with E-state index in [1.165, 1.54) is 0 Å². The van der Waals surface area contributed by atoms with Crippen molar-refractivity contribution >= 4 is 15.7 Å². The maximum atomic E-state index is 12.8. The molecule has 0 amide bonds. The lowest BCUT2D eigenvalue weighted by Crippen LogP contribution is -2.32. The van der Waals surface area contributed by atoms with Gasteiger partial charge in [0.2, 0.25) is 10.0 Å². The zero-order valence-corrected chi connectivity index (χ0v) is 20.3. The van der Waals surface area contributed by atoms with Gasteiger partial charge >= 0.3 is 0 Å². The zero-order chi connectivity index (χ0) is 23.7. The van der Waals surface area contributed by atoms with Crippen molar-refractivity contribution in [2.75, 3.05) is 5.32 Å². The first-order chi connectivity index (χ1) is 16.4. The third-order valence-electron chi connectivity index (χ3n) is 6.53. The first-order valence-electron chi connectivity index (χ1n) is 11.8. The predicted molar refractivity (Wildman–Crippen MR) is 135 cm³/mol. The Kier molecular flexibility index (Phi) is 6.19. The molecule has 1 aliphatic heterocycles. The minimum Gasteiger partial charge on any atom is -0.489 e. The van der Waals surface area contributed by atoms with Gasteiger partial charge in [0.25, 0.3) is 0 Å². The smallest absolute Gasteiger partial charge is 0.240 e. The first-order valence-corrected chi connectivity index (χ1v) is 13.3. The summed E-state index contributed by atoms with van der Waals surface area (Å²) >= 11 is 0. The number of fused-ring (bicyclic) bond motifs is 3. The Hall–Kier alpha value is -3.09. The van der Waals surface area contributed by atoms with Crippen LogP contribution in [0, 0.1) is 5.92 Å². The number of ether oxygens (including phenoxy) is 1. The Morgan fingerprint density at radius 2 is 1.76 bits per heavy atom. The summed E-state index contributed by atoms with van der Waals surface area (Å²) in [6, 6.07) is 23.7. The van der Waals surface area contributed by atoms with Crippen molar-refractivity contribution in [1.29, 1.82) is 0 Å². The van der Waals surface area contributed by atoms with Crippen LogP contribution >= 0.6 is 0 Å². The summed E-state index contributed by atoms with van der Waals surface area (Å²) in [6.07, 6.45) is 5.35. The lowest BCUT2D eigenvalue weighted by Gasteiger charge is -2.38. The molecule has 0 saturated heterocycles. The summed E-state index contributed by atoms with van der Waals surface area (Å²) in [7, 11) is -3.55. The third-order valence-corrected chi connectivity index (χ3v) is 8.18. The first kappa shape index (κ1) is 22.7. The monoisotopic (exact) mass is 474 g/mol. The van der Waals surface area contributed by atoms with Crippen LogP contribution in [0.5, 0.6) is 5.75 Å². The van der Waals surface area contributed by atoms with Crippen molar-refractivity contribution in [3.63, 3.8) is 0 Å². The number of benzene rings is 3. The third kappa shape index (κ3) is 4.48. The number of para-hydroxylation sites is 1. The molecule has 0 saturated carbocycles. The molecule has 2 N–H and O–H groups in total. The average Bonchev–Trinajstić information content (AvgIpc) is 3.32. The van der Waals surface area contributed by atoms with Crippen LogP contribution in [0.3, 0.4) is 0 Å². The second-order valence-corrected chi connectivity index (χ2v) is 11.0. The van der Waals surface area contributed by atoms with Crippen LogP contribution in [0.15, 0.2) is 89.8 Å². The van der Waals surface area contributed by atoms with Gasteiger partial charge in [0.15, 0.2) is 0 Å². The van der Waals surface area contributed by atoms with E-state index in [1.54, 1.807) is 6.07 Å². The number of sulfonamides is 1. The molecular formula is C28H30N2O3S. The summed E-state index contributed by atoms with van der Waals surface area (Å²) in [6.45, 7) is 4.17. The van der Waals surface area contributed by atoms with E-state index in [9.17, 15) is 8.42 Å². The number of hydrogen-bond acceptors (Lipinski definition) is 4. The van der Waals surface area contributed by atoms with E-state index in [0.717, 1.165) is 34.5 Å². The largest absolute Gasteiger partial charge is 0.489 e. The minimum atomic E-state index is -3.55. The topological polar surface area (TPSA) is 67.4 Å². The Balaban J connectivity index is 1.46. The lowest BCUT2D eigenvalue weighted by atomic mass is 9.77. The highest BCUT2D eigenvalue weighted by Crippen LogP contribution is 2.51. The van der Waals surface area contributed by atoms with Crippen molar-refractivity contribution in [3.05, 3.63) is 102 Å². The van der Waals surface area contributed by atoms with Crippen LogP contribution in [0.4, 0.5) is 5.69 Å². The van der Waals surface area contributed by atoms with Gasteiger partial charge in [-0.05, 0) is 61.6 Å². The van der Waals surface area contributed by atoms with Gasteiger partial charge in [-0.1, -0.05) is 60.7 Å². The summed E-state index contributed by atoms with van der Waals surface area (Å²) in [5, 5.41) is 3.71. The van der Waals surface area contributed by atoms with Crippen molar-refractivity contribution in [1.82, 2.24) is 4.72 Å². The quantitative estimate of drug-likeness (QED) is 0.426. The molecule has 34 heavy (non-hydrogen) atoms. The van der Waals surface area contributed by atoms with E-state index >= 15 is 0 Å². The van der Waals surface area contributed by atoms with Crippen LogP contribution in [0.1, 0.15) is 48.9 Å². The highest BCUT2D eigenvalue weighted by molar-refractivity contribution is 7.89. The van der Waals surface area contributed by atoms with Crippen molar-refractivity contribution in [3.8, 4) is 5.75 Å². The van der Waals surface area contributed by atoms with E-state index in [1.807, 2.05) is 62.4 Å². The fraction of sp³-hybridized carbons (Fsp3) is 0.286. The molecule has 3 aromatic carbocycles. The Morgan fingerprint density at radius 3 is 2.56 bits per heavy atom. The van der Waals surface area contributed by atoms with Gasteiger partial charge < -0.3 is 10.1 Å². The maximum absolute atomic E-state index is 12.8. The molecule has 0 radical (unpaired) electrons. The predicted octanol–water partition coefficient (Wildman–Crippen LogP) is 5.78. The lowest BCUT2D eigenvalue weighted by molar-refractivity contribution is 0.296. The van der Waals surface area contributed by atoms with Crippen LogP contribution < -0.4 is 14.8 Å². The number of rotatable bonds is 7. The van der Waals surface area contributed by atoms with Gasteiger partial charge in [0, 0.05) is 23.2 Å². The molecule has 1 heterocycles. The van der Waals surface area contributed by atoms with E-state index in [4.69, 9.17) is 4.74 Å². The molecule has 176 valence electrons. The van der Waals surface area contributed by atoms with Crippen molar-refractivity contribution in [2.45, 2.75) is 49.8 Å². The van der Waals surface area contributed by atoms with E-state index < -0.39 is 10.0 Å². The van der Waals surface area contributed by atoms with Gasteiger partial charge in [0.1, 0.15) is 12.4 Å². The molecule has 2 aliphatic rings. The normalized spacial score (nSPS) is 21.1. The summed E-state index contributed by atoms with van der Waals surface area (Å²) in [4.78, 5) is 0.311. The second-order valence-electron chi connectivity index (χ2n) is 9.31. The highest BCUT2D eigenvalue weighted by Gasteiger charge is 2.39. The summed E-state index contributed by atoms with van der Waals surface area (Å²) < 4.78 is 34.5. The SMILES string of the molecule is CC(C)NS(=O)(=O)c1ccc2c(c1)C1C=CCC1C(c1ccccc1OCc1ccccc1)N2. The van der Waals surface area contributed by atoms with Gasteiger partial charge in [0.05, 0.1) is 10.9 Å². The Labute approximate surface area is 201 Å². The van der Waals surface area contributed by atoms with Gasteiger partial charge in [-0.15, -0.1) is 0 Å².